The van der Waals surface area contributed by atoms with Gasteiger partial charge in [-0.15, -0.1) is 0 Å². The van der Waals surface area contributed by atoms with Crippen molar-refractivity contribution in [3.05, 3.63) is 47.5 Å². The van der Waals surface area contributed by atoms with Gasteiger partial charge in [-0.25, -0.2) is 5.01 Å². The molecule has 0 aromatic rings. The maximum absolute atomic E-state index is 6.02. The molecule has 1 aliphatic heterocycles. The molecule has 0 bridgehead atoms. The van der Waals surface area contributed by atoms with Crippen molar-refractivity contribution < 1.29 is 9.47 Å². The highest BCUT2D eigenvalue weighted by atomic mass is 16.5. The molecule has 176 valence electrons. The third kappa shape index (κ3) is 10.8. The van der Waals surface area contributed by atoms with Crippen molar-refractivity contribution in [3.8, 4) is 0 Å². The first-order valence-electron chi connectivity index (χ1n) is 12.2. The summed E-state index contributed by atoms with van der Waals surface area (Å²) in [6, 6.07) is 0. The van der Waals surface area contributed by atoms with E-state index in [1.54, 1.807) is 0 Å². The van der Waals surface area contributed by atoms with Gasteiger partial charge in [-0.2, -0.15) is 5.10 Å². The van der Waals surface area contributed by atoms with Gasteiger partial charge in [-0.3, -0.25) is 0 Å². The quantitative estimate of drug-likeness (QED) is 0.207. The Morgan fingerprint density at radius 3 is 2.58 bits per heavy atom. The van der Waals surface area contributed by atoms with Gasteiger partial charge in [-0.1, -0.05) is 32.9 Å². The number of nitrogens with zero attached hydrogens (tertiary/aromatic N) is 3. The van der Waals surface area contributed by atoms with E-state index in [0.717, 1.165) is 49.6 Å². The van der Waals surface area contributed by atoms with Crippen molar-refractivity contribution in [3.63, 3.8) is 0 Å². The molecule has 0 N–H and O–H groups in total. The zero-order chi connectivity index (χ0) is 22.9. The topological polar surface area (TPSA) is 37.3 Å². The van der Waals surface area contributed by atoms with Gasteiger partial charge >= 0.3 is 0 Å². The molecule has 0 amide bonds. The fourth-order valence-corrected chi connectivity index (χ4v) is 3.34. The second kappa shape index (κ2) is 16.8. The van der Waals surface area contributed by atoms with Gasteiger partial charge in [0.15, 0.2) is 0 Å². The van der Waals surface area contributed by atoms with E-state index in [9.17, 15) is 0 Å². The minimum Gasteiger partial charge on any atom is -0.494 e. The van der Waals surface area contributed by atoms with Crippen molar-refractivity contribution >= 4 is 6.21 Å². The average Bonchev–Trinajstić information content (AvgIpc) is 3.19. The van der Waals surface area contributed by atoms with Crippen molar-refractivity contribution in [1.82, 2.24) is 9.91 Å². The standard InChI is InChI=1S/C24H39N3O2.C2H6/c1-5-15-25-27(22(6-2)20-29-21(3)4)23-11-9-12-24(14-13-23)28-19-10-18-26-16-7-8-17-26;1-2/h6,11-15,21H,5,7-10,16-20H2,1-4H3;1-2H3/b22-6-,25-15+;. The van der Waals surface area contributed by atoms with E-state index >= 15 is 0 Å². The molecule has 0 radical (unpaired) electrons. The number of ether oxygens (including phenoxy) is 2. The van der Waals surface area contributed by atoms with Crippen molar-refractivity contribution in [1.29, 1.82) is 0 Å². The number of rotatable bonds is 12. The minimum absolute atomic E-state index is 0.183. The molecular weight excluding hydrogens is 386 g/mol. The normalized spacial score (nSPS) is 17.3. The van der Waals surface area contributed by atoms with Crippen LogP contribution in [0, 0.1) is 0 Å². The van der Waals surface area contributed by atoms with Gasteiger partial charge in [0, 0.05) is 12.8 Å². The average molecular weight is 432 g/mol. The van der Waals surface area contributed by atoms with Crippen molar-refractivity contribution in [2.75, 3.05) is 32.8 Å². The summed E-state index contributed by atoms with van der Waals surface area (Å²) in [6.07, 6.45) is 18.1. The molecule has 0 unspecified atom stereocenters. The number of hydrazone groups is 1. The van der Waals surface area contributed by atoms with Crippen LogP contribution in [0.4, 0.5) is 0 Å². The molecule has 0 saturated carbocycles. The molecule has 1 aliphatic carbocycles. The SMILES string of the molecule is C/C=C(/COC(C)C)N(/N=C/CC)C1=CCC=C(OCCCN2CCCC2)C=C1.CC. The van der Waals surface area contributed by atoms with E-state index in [0.29, 0.717) is 6.61 Å². The molecule has 31 heavy (non-hydrogen) atoms. The van der Waals surface area contributed by atoms with Crippen LogP contribution in [0.2, 0.25) is 0 Å². The molecule has 1 heterocycles. The van der Waals surface area contributed by atoms with Crippen LogP contribution in [-0.2, 0) is 9.47 Å². The Bertz CT molecular complexity index is 627. The Kier molecular flexibility index (Phi) is 14.7. The second-order valence-corrected chi connectivity index (χ2v) is 7.71. The van der Waals surface area contributed by atoms with Crippen molar-refractivity contribution in [2.24, 2.45) is 5.10 Å². The first-order chi connectivity index (χ1) is 15.1. The van der Waals surface area contributed by atoms with E-state index in [2.05, 4.69) is 61.2 Å². The smallest absolute Gasteiger partial charge is 0.115 e. The van der Waals surface area contributed by atoms with Gasteiger partial charge in [0.05, 0.1) is 30.7 Å². The minimum atomic E-state index is 0.183. The predicted octanol–water partition coefficient (Wildman–Crippen LogP) is 6.27. The molecule has 2 aliphatic rings. The Hall–Kier alpha value is -1.85. The fraction of sp³-hybridized carbons (Fsp3) is 0.654. The molecule has 0 aromatic heterocycles. The highest BCUT2D eigenvalue weighted by Crippen LogP contribution is 2.21. The molecule has 5 heteroatoms. The first-order valence-corrected chi connectivity index (χ1v) is 12.2. The second-order valence-electron chi connectivity index (χ2n) is 7.71. The van der Waals surface area contributed by atoms with E-state index in [4.69, 9.17) is 9.47 Å². The molecular formula is C26H45N3O2. The van der Waals surface area contributed by atoms with Crippen LogP contribution in [0.3, 0.4) is 0 Å². The lowest BCUT2D eigenvalue weighted by Crippen LogP contribution is -2.21. The Labute approximate surface area is 191 Å². The summed E-state index contributed by atoms with van der Waals surface area (Å²) < 4.78 is 11.8. The maximum atomic E-state index is 6.02. The molecule has 0 atom stereocenters. The van der Waals surface area contributed by atoms with Gasteiger partial charge < -0.3 is 14.4 Å². The van der Waals surface area contributed by atoms with Crippen LogP contribution in [0.25, 0.3) is 0 Å². The Balaban J connectivity index is 0.00000233. The largest absolute Gasteiger partial charge is 0.494 e. The van der Waals surface area contributed by atoms with Crippen LogP contribution < -0.4 is 0 Å². The highest BCUT2D eigenvalue weighted by molar-refractivity contribution is 5.56. The van der Waals surface area contributed by atoms with E-state index in [1.165, 1.54) is 25.9 Å². The van der Waals surface area contributed by atoms with E-state index < -0.39 is 0 Å². The fourth-order valence-electron chi connectivity index (χ4n) is 3.34. The summed E-state index contributed by atoms with van der Waals surface area (Å²) in [5.74, 6) is 0.942. The summed E-state index contributed by atoms with van der Waals surface area (Å²) in [6.45, 7) is 17.2. The number of likely N-dealkylation sites (tertiary alicyclic amines) is 1. The van der Waals surface area contributed by atoms with Gasteiger partial charge in [0.25, 0.3) is 0 Å². The predicted molar refractivity (Wildman–Crippen MR) is 133 cm³/mol. The van der Waals surface area contributed by atoms with Crippen LogP contribution in [0.1, 0.15) is 73.6 Å². The molecule has 0 aromatic carbocycles. The van der Waals surface area contributed by atoms with Crippen molar-refractivity contribution in [2.45, 2.75) is 79.8 Å². The van der Waals surface area contributed by atoms with E-state index in [1.807, 2.05) is 32.0 Å². The maximum Gasteiger partial charge on any atom is 0.115 e. The van der Waals surface area contributed by atoms with Gasteiger partial charge in [0.1, 0.15) is 5.76 Å². The number of hydrogen-bond donors (Lipinski definition) is 0. The van der Waals surface area contributed by atoms with Gasteiger partial charge in [-0.05, 0) is 84.2 Å². The summed E-state index contributed by atoms with van der Waals surface area (Å²) in [7, 11) is 0. The summed E-state index contributed by atoms with van der Waals surface area (Å²) in [4.78, 5) is 2.53. The summed E-state index contributed by atoms with van der Waals surface area (Å²) >= 11 is 0. The zero-order valence-electron chi connectivity index (χ0n) is 20.8. The van der Waals surface area contributed by atoms with Crippen LogP contribution in [-0.4, -0.2) is 55.1 Å². The zero-order valence-corrected chi connectivity index (χ0v) is 20.8. The van der Waals surface area contributed by atoms with Crippen LogP contribution in [0.15, 0.2) is 52.6 Å². The first kappa shape index (κ1) is 27.2. The van der Waals surface area contributed by atoms with Gasteiger partial charge in [0.2, 0.25) is 0 Å². The Morgan fingerprint density at radius 2 is 1.94 bits per heavy atom. The lowest BCUT2D eigenvalue weighted by Gasteiger charge is -2.24. The summed E-state index contributed by atoms with van der Waals surface area (Å²) in [5.41, 5.74) is 2.08. The van der Waals surface area contributed by atoms with Crippen LogP contribution >= 0.6 is 0 Å². The Morgan fingerprint density at radius 1 is 1.19 bits per heavy atom. The monoisotopic (exact) mass is 431 g/mol. The molecule has 2 rings (SSSR count). The molecule has 0 spiro atoms. The van der Waals surface area contributed by atoms with E-state index in [-0.39, 0.29) is 6.10 Å². The third-order valence-electron chi connectivity index (χ3n) is 4.94. The molecule has 1 saturated heterocycles. The summed E-state index contributed by atoms with van der Waals surface area (Å²) in [5, 5.41) is 6.65. The lowest BCUT2D eigenvalue weighted by molar-refractivity contribution is 0.0856. The van der Waals surface area contributed by atoms with Crippen LogP contribution in [0.5, 0.6) is 0 Å². The lowest BCUT2D eigenvalue weighted by atomic mass is 10.3. The highest BCUT2D eigenvalue weighted by Gasteiger charge is 2.14. The number of allylic oxidation sites excluding steroid dienone is 5. The molecule has 5 nitrogen and oxygen atoms in total. The number of hydrogen-bond acceptors (Lipinski definition) is 5. The third-order valence-corrected chi connectivity index (χ3v) is 4.94. The molecule has 1 fully saturated rings.